The molecule has 0 unspecified atom stereocenters. The fourth-order valence-electron chi connectivity index (χ4n) is 4.05. The molecule has 1 heterocycles. The van der Waals surface area contributed by atoms with E-state index in [0.717, 1.165) is 29.7 Å². The van der Waals surface area contributed by atoms with Crippen molar-refractivity contribution in [2.75, 3.05) is 25.7 Å². The SMILES string of the molecule is COc1ccc(C(=O)N[C@@H](C(=O)N2CCCc3ccccc32)c2ccccc2)c(OC)c1. The Hall–Kier alpha value is -3.80. The Labute approximate surface area is 187 Å². The Morgan fingerprint density at radius 3 is 2.44 bits per heavy atom. The molecule has 6 heteroatoms. The maximum absolute atomic E-state index is 13.7. The molecule has 0 saturated carbocycles. The number of nitrogens with zero attached hydrogens (tertiary/aromatic N) is 1. The van der Waals surface area contributed by atoms with E-state index in [1.807, 2.05) is 54.6 Å². The van der Waals surface area contributed by atoms with Crippen molar-refractivity contribution in [3.8, 4) is 11.5 Å². The minimum Gasteiger partial charge on any atom is -0.497 e. The number of hydrogen-bond acceptors (Lipinski definition) is 4. The molecule has 3 aromatic carbocycles. The Morgan fingerprint density at radius 1 is 0.938 bits per heavy atom. The predicted octanol–water partition coefficient (Wildman–Crippen LogP) is 4.15. The number of carbonyl (C=O) groups excluding carboxylic acids is 2. The lowest BCUT2D eigenvalue weighted by atomic mass is 9.99. The Kier molecular flexibility index (Phi) is 6.40. The number of methoxy groups -OCH3 is 2. The van der Waals surface area contributed by atoms with Gasteiger partial charge in [0.15, 0.2) is 0 Å². The van der Waals surface area contributed by atoms with Crippen molar-refractivity contribution >= 4 is 17.5 Å². The van der Waals surface area contributed by atoms with Crippen molar-refractivity contribution < 1.29 is 19.1 Å². The molecule has 1 atom stereocenters. The van der Waals surface area contributed by atoms with Gasteiger partial charge >= 0.3 is 0 Å². The van der Waals surface area contributed by atoms with Crippen LogP contribution in [0.4, 0.5) is 5.69 Å². The van der Waals surface area contributed by atoms with Gasteiger partial charge in [-0.2, -0.15) is 0 Å². The van der Waals surface area contributed by atoms with Crippen LogP contribution < -0.4 is 19.7 Å². The number of benzene rings is 3. The first-order valence-corrected chi connectivity index (χ1v) is 10.6. The Morgan fingerprint density at radius 2 is 1.69 bits per heavy atom. The molecule has 0 radical (unpaired) electrons. The zero-order valence-corrected chi connectivity index (χ0v) is 18.2. The Bertz CT molecular complexity index is 1110. The summed E-state index contributed by atoms with van der Waals surface area (Å²) in [5.74, 6) is 0.407. The lowest BCUT2D eigenvalue weighted by Crippen LogP contribution is -2.45. The van der Waals surface area contributed by atoms with Crippen LogP contribution in [-0.2, 0) is 11.2 Å². The third-order valence-electron chi connectivity index (χ3n) is 5.68. The number of carbonyl (C=O) groups is 2. The van der Waals surface area contributed by atoms with Crippen molar-refractivity contribution in [3.63, 3.8) is 0 Å². The van der Waals surface area contributed by atoms with Gasteiger partial charge in [-0.1, -0.05) is 48.5 Å². The van der Waals surface area contributed by atoms with E-state index in [2.05, 4.69) is 5.32 Å². The van der Waals surface area contributed by atoms with Gasteiger partial charge in [-0.05, 0) is 42.2 Å². The summed E-state index contributed by atoms with van der Waals surface area (Å²) in [5, 5.41) is 2.94. The highest BCUT2D eigenvalue weighted by Gasteiger charge is 2.31. The fraction of sp³-hybridized carbons (Fsp3) is 0.231. The van der Waals surface area contributed by atoms with Gasteiger partial charge in [-0.25, -0.2) is 0 Å². The molecular formula is C26H26N2O4. The second-order valence-electron chi connectivity index (χ2n) is 7.61. The molecule has 0 aromatic heterocycles. The molecule has 2 amide bonds. The molecule has 0 saturated heterocycles. The van der Waals surface area contributed by atoms with E-state index in [-0.39, 0.29) is 5.91 Å². The fourth-order valence-corrected chi connectivity index (χ4v) is 4.05. The molecular weight excluding hydrogens is 404 g/mol. The van der Waals surface area contributed by atoms with Gasteiger partial charge in [0.2, 0.25) is 0 Å². The molecule has 0 spiro atoms. The third kappa shape index (κ3) is 4.30. The highest BCUT2D eigenvalue weighted by Crippen LogP contribution is 2.30. The first-order chi connectivity index (χ1) is 15.6. The average molecular weight is 431 g/mol. The van der Waals surface area contributed by atoms with Crippen LogP contribution in [0.15, 0.2) is 72.8 Å². The van der Waals surface area contributed by atoms with Crippen molar-refractivity contribution in [3.05, 3.63) is 89.5 Å². The largest absolute Gasteiger partial charge is 0.497 e. The van der Waals surface area contributed by atoms with Crippen LogP contribution >= 0.6 is 0 Å². The van der Waals surface area contributed by atoms with E-state index >= 15 is 0 Å². The van der Waals surface area contributed by atoms with Crippen molar-refractivity contribution in [2.24, 2.45) is 0 Å². The molecule has 164 valence electrons. The van der Waals surface area contributed by atoms with Gasteiger partial charge in [0.1, 0.15) is 17.5 Å². The van der Waals surface area contributed by atoms with E-state index in [0.29, 0.717) is 23.6 Å². The van der Waals surface area contributed by atoms with Crippen LogP contribution in [0.2, 0.25) is 0 Å². The number of amides is 2. The number of rotatable bonds is 6. The highest BCUT2D eigenvalue weighted by molar-refractivity contribution is 6.04. The molecule has 6 nitrogen and oxygen atoms in total. The summed E-state index contributed by atoms with van der Waals surface area (Å²) >= 11 is 0. The summed E-state index contributed by atoms with van der Waals surface area (Å²) in [6.45, 7) is 0.612. The lowest BCUT2D eigenvalue weighted by molar-refractivity contribution is -0.120. The van der Waals surface area contributed by atoms with E-state index < -0.39 is 11.9 Å². The minimum absolute atomic E-state index is 0.163. The number of ether oxygens (including phenoxy) is 2. The van der Waals surface area contributed by atoms with Crippen LogP contribution in [-0.4, -0.2) is 32.6 Å². The van der Waals surface area contributed by atoms with Crippen LogP contribution in [0, 0.1) is 0 Å². The zero-order chi connectivity index (χ0) is 22.5. The number of fused-ring (bicyclic) bond motifs is 1. The van der Waals surface area contributed by atoms with E-state index in [1.54, 1.807) is 30.2 Å². The zero-order valence-electron chi connectivity index (χ0n) is 18.2. The molecule has 1 aliphatic rings. The average Bonchev–Trinajstić information content (AvgIpc) is 2.86. The van der Waals surface area contributed by atoms with E-state index in [9.17, 15) is 9.59 Å². The van der Waals surface area contributed by atoms with E-state index in [1.165, 1.54) is 7.11 Å². The second-order valence-corrected chi connectivity index (χ2v) is 7.61. The molecule has 0 fully saturated rings. The molecule has 0 aliphatic carbocycles. The molecule has 3 aromatic rings. The maximum atomic E-state index is 13.7. The first kappa shape index (κ1) is 21.4. The monoisotopic (exact) mass is 430 g/mol. The molecule has 1 N–H and O–H groups in total. The number of nitrogens with one attached hydrogen (secondary N) is 1. The summed E-state index contributed by atoms with van der Waals surface area (Å²) in [6.07, 6.45) is 1.82. The summed E-state index contributed by atoms with van der Waals surface area (Å²) in [5.41, 5.74) is 3.10. The van der Waals surface area contributed by atoms with Gasteiger partial charge in [0.25, 0.3) is 11.8 Å². The van der Waals surface area contributed by atoms with Crippen LogP contribution in [0.5, 0.6) is 11.5 Å². The van der Waals surface area contributed by atoms with Gasteiger partial charge in [0.05, 0.1) is 19.8 Å². The number of para-hydroxylation sites is 1. The van der Waals surface area contributed by atoms with Crippen LogP contribution in [0.3, 0.4) is 0 Å². The molecule has 32 heavy (non-hydrogen) atoms. The highest BCUT2D eigenvalue weighted by atomic mass is 16.5. The smallest absolute Gasteiger partial charge is 0.255 e. The van der Waals surface area contributed by atoms with Gasteiger partial charge in [-0.15, -0.1) is 0 Å². The van der Waals surface area contributed by atoms with Crippen molar-refractivity contribution in [1.29, 1.82) is 0 Å². The van der Waals surface area contributed by atoms with Gasteiger partial charge in [0, 0.05) is 18.3 Å². The topological polar surface area (TPSA) is 67.9 Å². The summed E-state index contributed by atoms with van der Waals surface area (Å²) in [4.78, 5) is 28.8. The molecule has 4 rings (SSSR count). The first-order valence-electron chi connectivity index (χ1n) is 10.6. The second kappa shape index (κ2) is 9.56. The number of hydrogen-bond donors (Lipinski definition) is 1. The number of aryl methyl sites for hydroxylation is 1. The standard InChI is InChI=1S/C26H26N2O4/c1-31-20-14-15-21(23(17-20)32-2)25(29)27-24(19-10-4-3-5-11-19)26(30)28-16-8-12-18-9-6-7-13-22(18)28/h3-7,9-11,13-15,17,24H,8,12,16H2,1-2H3,(H,27,29)/t24-/m1/s1. The van der Waals surface area contributed by atoms with Gasteiger partial charge in [-0.3, -0.25) is 9.59 Å². The predicted molar refractivity (Wildman–Crippen MR) is 123 cm³/mol. The Balaban J connectivity index is 1.67. The van der Waals surface area contributed by atoms with Crippen LogP contribution in [0.1, 0.15) is 33.9 Å². The third-order valence-corrected chi connectivity index (χ3v) is 5.68. The quantitative estimate of drug-likeness (QED) is 0.638. The van der Waals surface area contributed by atoms with Gasteiger partial charge < -0.3 is 19.7 Å². The summed E-state index contributed by atoms with van der Waals surface area (Å²) in [6, 6.07) is 21.4. The molecule has 1 aliphatic heterocycles. The summed E-state index contributed by atoms with van der Waals surface area (Å²) < 4.78 is 10.6. The number of anilines is 1. The normalized spacial score (nSPS) is 13.6. The molecule has 0 bridgehead atoms. The van der Waals surface area contributed by atoms with E-state index in [4.69, 9.17) is 9.47 Å². The minimum atomic E-state index is -0.832. The van der Waals surface area contributed by atoms with Crippen LogP contribution in [0.25, 0.3) is 0 Å². The van der Waals surface area contributed by atoms with Crippen molar-refractivity contribution in [1.82, 2.24) is 5.32 Å². The maximum Gasteiger partial charge on any atom is 0.255 e. The van der Waals surface area contributed by atoms with Crippen molar-refractivity contribution in [2.45, 2.75) is 18.9 Å². The summed E-state index contributed by atoms with van der Waals surface area (Å²) in [7, 11) is 3.05. The lowest BCUT2D eigenvalue weighted by Gasteiger charge is -2.33.